The van der Waals surface area contributed by atoms with E-state index in [0.29, 0.717) is 17.9 Å². The lowest BCUT2D eigenvalue weighted by molar-refractivity contribution is 0.00752. The van der Waals surface area contributed by atoms with Crippen LogP contribution in [-0.2, 0) is 4.74 Å². The summed E-state index contributed by atoms with van der Waals surface area (Å²) in [7, 11) is 3.57. The number of guanidine groups is 1. The van der Waals surface area contributed by atoms with Gasteiger partial charge in [-0.3, -0.25) is 9.89 Å². The number of hydrogen-bond acceptors (Lipinski definition) is 5. The van der Waals surface area contributed by atoms with Crippen molar-refractivity contribution < 1.29 is 9.47 Å². The summed E-state index contributed by atoms with van der Waals surface area (Å²) in [5.74, 6) is 3.00. The number of nitrogens with zero attached hydrogens (tertiary/aromatic N) is 3. The molecule has 31 heavy (non-hydrogen) atoms. The van der Waals surface area contributed by atoms with Crippen LogP contribution in [0.25, 0.3) is 0 Å². The second kappa shape index (κ2) is 13.3. The van der Waals surface area contributed by atoms with Crippen molar-refractivity contribution in [2.75, 3.05) is 71.5 Å². The summed E-state index contributed by atoms with van der Waals surface area (Å²) in [6.07, 6.45) is 1.18. The number of benzene rings is 1. The number of methoxy groups -OCH3 is 1. The second-order valence-corrected chi connectivity index (χ2v) is 8.60. The summed E-state index contributed by atoms with van der Waals surface area (Å²) in [4.78, 5) is 9.43. The molecule has 3 rings (SSSR count). The van der Waals surface area contributed by atoms with Gasteiger partial charge in [0.05, 0.1) is 20.3 Å². The van der Waals surface area contributed by atoms with Gasteiger partial charge in [0.1, 0.15) is 5.75 Å². The first-order valence-electron chi connectivity index (χ1n) is 11.3. The van der Waals surface area contributed by atoms with Gasteiger partial charge in [0.15, 0.2) is 5.96 Å². The molecule has 0 saturated carbocycles. The zero-order chi connectivity index (χ0) is 21.3. The largest absolute Gasteiger partial charge is 0.497 e. The zero-order valence-electron chi connectivity index (χ0n) is 19.5. The van der Waals surface area contributed by atoms with Crippen molar-refractivity contribution in [2.45, 2.75) is 26.3 Å². The van der Waals surface area contributed by atoms with E-state index in [-0.39, 0.29) is 24.0 Å². The van der Waals surface area contributed by atoms with Gasteiger partial charge in [0, 0.05) is 64.1 Å². The Morgan fingerprint density at radius 1 is 1.23 bits per heavy atom. The number of hydrogen-bond donors (Lipinski definition) is 2. The minimum atomic E-state index is 0. The van der Waals surface area contributed by atoms with E-state index < -0.39 is 0 Å². The summed E-state index contributed by atoms with van der Waals surface area (Å²) in [6.45, 7) is 12.3. The molecular formula is C23H40IN5O2. The highest BCUT2D eigenvalue weighted by Gasteiger charge is 2.25. The van der Waals surface area contributed by atoms with E-state index in [9.17, 15) is 0 Å². The van der Waals surface area contributed by atoms with E-state index in [1.54, 1.807) is 7.11 Å². The molecular weight excluding hydrogens is 505 g/mol. The lowest BCUT2D eigenvalue weighted by Crippen LogP contribution is -2.52. The highest BCUT2D eigenvalue weighted by molar-refractivity contribution is 14.0. The molecule has 2 atom stereocenters. The number of anilines is 1. The molecule has 2 unspecified atom stereocenters. The number of ether oxygens (including phenoxy) is 2. The van der Waals surface area contributed by atoms with Gasteiger partial charge in [0.2, 0.25) is 0 Å². The predicted octanol–water partition coefficient (Wildman–Crippen LogP) is 2.66. The summed E-state index contributed by atoms with van der Waals surface area (Å²) in [6, 6.07) is 8.83. The number of nitrogens with one attached hydrogen (secondary N) is 2. The van der Waals surface area contributed by atoms with Crippen molar-refractivity contribution in [2.24, 2.45) is 16.8 Å². The molecule has 2 aliphatic heterocycles. The zero-order valence-corrected chi connectivity index (χ0v) is 21.8. The molecule has 176 valence electrons. The van der Waals surface area contributed by atoms with Crippen LogP contribution in [0.1, 0.15) is 20.3 Å². The van der Waals surface area contributed by atoms with E-state index in [2.05, 4.69) is 57.5 Å². The molecule has 0 amide bonds. The number of halogens is 1. The van der Waals surface area contributed by atoms with Crippen LogP contribution >= 0.6 is 24.0 Å². The van der Waals surface area contributed by atoms with Crippen molar-refractivity contribution in [1.29, 1.82) is 0 Å². The maximum Gasteiger partial charge on any atom is 0.191 e. The molecule has 2 heterocycles. The summed E-state index contributed by atoms with van der Waals surface area (Å²) >= 11 is 0. The Labute approximate surface area is 205 Å². The maximum atomic E-state index is 5.52. The van der Waals surface area contributed by atoms with Gasteiger partial charge >= 0.3 is 0 Å². The molecule has 2 aliphatic rings. The molecule has 1 aromatic rings. The average molecular weight is 546 g/mol. The van der Waals surface area contributed by atoms with Gasteiger partial charge < -0.3 is 25.0 Å². The predicted molar refractivity (Wildman–Crippen MR) is 139 cm³/mol. The van der Waals surface area contributed by atoms with E-state index in [0.717, 1.165) is 64.2 Å². The standard InChI is InChI=1S/C23H39N5O2.HI/c1-18(2)22(27-10-12-30-13-11-27)16-26-23(24-3)25-15-19-8-9-28(17-19)20-6-5-7-21(14-20)29-4;/h5-7,14,18-19,22H,8-13,15-17H2,1-4H3,(H2,24,25,26);1H. The van der Waals surface area contributed by atoms with E-state index in [1.807, 2.05) is 13.1 Å². The van der Waals surface area contributed by atoms with Gasteiger partial charge in [-0.15, -0.1) is 24.0 Å². The third kappa shape index (κ3) is 7.68. The third-order valence-corrected chi connectivity index (χ3v) is 6.25. The number of rotatable bonds is 8. The second-order valence-electron chi connectivity index (χ2n) is 8.60. The smallest absolute Gasteiger partial charge is 0.191 e. The molecule has 0 spiro atoms. The van der Waals surface area contributed by atoms with E-state index >= 15 is 0 Å². The third-order valence-electron chi connectivity index (χ3n) is 6.25. The summed E-state index contributed by atoms with van der Waals surface area (Å²) in [5, 5.41) is 7.10. The molecule has 0 aromatic heterocycles. The Morgan fingerprint density at radius 3 is 2.68 bits per heavy atom. The molecule has 2 saturated heterocycles. The molecule has 7 nitrogen and oxygen atoms in total. The monoisotopic (exact) mass is 545 g/mol. The van der Waals surface area contributed by atoms with Gasteiger partial charge in [0.25, 0.3) is 0 Å². The first kappa shape index (κ1) is 26.0. The quantitative estimate of drug-likeness (QED) is 0.298. The van der Waals surface area contributed by atoms with Crippen molar-refractivity contribution in [1.82, 2.24) is 15.5 Å². The lowest BCUT2D eigenvalue weighted by Gasteiger charge is -2.37. The van der Waals surface area contributed by atoms with E-state index in [1.165, 1.54) is 12.1 Å². The molecule has 2 N–H and O–H groups in total. The lowest BCUT2D eigenvalue weighted by atomic mass is 10.0. The number of morpholine rings is 1. The number of aliphatic imine (C=N–C) groups is 1. The highest BCUT2D eigenvalue weighted by atomic mass is 127. The molecule has 2 fully saturated rings. The Kier molecular flexibility index (Phi) is 11.2. The topological polar surface area (TPSA) is 61.4 Å². The van der Waals surface area contributed by atoms with Crippen LogP contribution in [-0.4, -0.2) is 83.5 Å². The van der Waals surface area contributed by atoms with Crippen LogP contribution in [0.5, 0.6) is 5.75 Å². The van der Waals surface area contributed by atoms with Gasteiger partial charge in [-0.2, -0.15) is 0 Å². The summed E-state index contributed by atoms with van der Waals surface area (Å²) in [5.41, 5.74) is 1.24. The fraction of sp³-hybridized carbons (Fsp3) is 0.696. The molecule has 0 aliphatic carbocycles. The Morgan fingerprint density at radius 2 is 2.00 bits per heavy atom. The Bertz CT molecular complexity index is 682. The van der Waals surface area contributed by atoms with Crippen molar-refractivity contribution in [3.8, 4) is 5.75 Å². The Balaban J connectivity index is 0.00000341. The normalized spacial score (nSPS) is 21.0. The van der Waals surface area contributed by atoms with Crippen molar-refractivity contribution >= 4 is 35.6 Å². The van der Waals surface area contributed by atoms with Crippen molar-refractivity contribution in [3.05, 3.63) is 24.3 Å². The first-order valence-corrected chi connectivity index (χ1v) is 11.3. The van der Waals surface area contributed by atoms with Crippen LogP contribution in [0.4, 0.5) is 5.69 Å². The van der Waals surface area contributed by atoms with Crippen LogP contribution in [0, 0.1) is 11.8 Å². The Hall–Kier alpha value is -1.26. The van der Waals surface area contributed by atoms with Crippen LogP contribution in [0.2, 0.25) is 0 Å². The molecule has 0 radical (unpaired) electrons. The first-order chi connectivity index (χ1) is 14.6. The van der Waals surface area contributed by atoms with E-state index in [4.69, 9.17) is 9.47 Å². The molecule has 1 aromatic carbocycles. The fourth-order valence-electron chi connectivity index (χ4n) is 4.40. The minimum Gasteiger partial charge on any atom is -0.497 e. The summed E-state index contributed by atoms with van der Waals surface area (Å²) < 4.78 is 10.9. The SMILES string of the molecule is CN=C(NCC1CCN(c2cccc(OC)c2)C1)NCC(C(C)C)N1CCOCC1.I. The van der Waals surface area contributed by atoms with Crippen LogP contribution in [0.3, 0.4) is 0 Å². The molecule has 0 bridgehead atoms. The van der Waals surface area contributed by atoms with Crippen LogP contribution < -0.4 is 20.3 Å². The van der Waals surface area contributed by atoms with Crippen molar-refractivity contribution in [3.63, 3.8) is 0 Å². The van der Waals surface area contributed by atoms with Gasteiger partial charge in [-0.05, 0) is 30.4 Å². The fourth-order valence-corrected chi connectivity index (χ4v) is 4.40. The highest BCUT2D eigenvalue weighted by Crippen LogP contribution is 2.26. The van der Waals surface area contributed by atoms with Gasteiger partial charge in [-0.1, -0.05) is 19.9 Å². The molecule has 8 heteroatoms. The maximum absolute atomic E-state index is 5.52. The average Bonchev–Trinajstić information content (AvgIpc) is 3.25. The minimum absolute atomic E-state index is 0. The van der Waals surface area contributed by atoms with Gasteiger partial charge in [-0.25, -0.2) is 0 Å². The van der Waals surface area contributed by atoms with Crippen LogP contribution in [0.15, 0.2) is 29.3 Å².